The summed E-state index contributed by atoms with van der Waals surface area (Å²) in [5.74, 6) is 1.17. The van der Waals surface area contributed by atoms with Gasteiger partial charge in [0.25, 0.3) is 5.91 Å². The molecular formula is C22H30N2O3. The summed E-state index contributed by atoms with van der Waals surface area (Å²) >= 11 is 0. The van der Waals surface area contributed by atoms with Crippen molar-refractivity contribution in [3.8, 4) is 0 Å². The highest BCUT2D eigenvalue weighted by Crippen LogP contribution is 2.33. The normalized spacial score (nSPS) is 16.0. The van der Waals surface area contributed by atoms with Crippen LogP contribution in [0, 0.1) is 5.92 Å². The third kappa shape index (κ3) is 4.92. The fraction of sp³-hybridized carbons (Fsp3) is 0.500. The van der Waals surface area contributed by atoms with Crippen molar-refractivity contribution in [3.05, 3.63) is 53.5 Å². The van der Waals surface area contributed by atoms with Crippen molar-refractivity contribution >= 4 is 11.6 Å². The summed E-state index contributed by atoms with van der Waals surface area (Å²) in [6, 6.07) is 10.6. The molecule has 0 spiro atoms. The van der Waals surface area contributed by atoms with Crippen molar-refractivity contribution in [3.63, 3.8) is 0 Å². The zero-order valence-electron chi connectivity index (χ0n) is 16.5. The number of carbonyl (C=O) groups is 1. The predicted molar refractivity (Wildman–Crippen MR) is 107 cm³/mol. The second-order valence-electron chi connectivity index (χ2n) is 7.65. The Kier molecular flexibility index (Phi) is 6.56. The van der Waals surface area contributed by atoms with Crippen LogP contribution in [0.4, 0.5) is 5.69 Å². The Labute approximate surface area is 161 Å². The van der Waals surface area contributed by atoms with Crippen LogP contribution in [0.1, 0.15) is 48.9 Å². The quantitative estimate of drug-likeness (QED) is 0.677. The summed E-state index contributed by atoms with van der Waals surface area (Å²) in [5.41, 5.74) is 3.20. The minimum Gasteiger partial charge on any atom is -0.467 e. The molecule has 0 saturated heterocycles. The highest BCUT2D eigenvalue weighted by molar-refractivity contribution is 5.95. The van der Waals surface area contributed by atoms with Gasteiger partial charge < -0.3 is 19.4 Å². The highest BCUT2D eigenvalue weighted by atomic mass is 16.5. The number of hydrogen-bond acceptors (Lipinski definition) is 4. The van der Waals surface area contributed by atoms with Crippen LogP contribution < -0.4 is 10.2 Å². The number of rotatable bonds is 9. The molecule has 146 valence electrons. The van der Waals surface area contributed by atoms with Gasteiger partial charge in [-0.05, 0) is 43.4 Å². The van der Waals surface area contributed by atoms with Gasteiger partial charge in [-0.2, -0.15) is 0 Å². The number of fused-ring (bicyclic) bond motifs is 1. The molecule has 0 radical (unpaired) electrons. The summed E-state index contributed by atoms with van der Waals surface area (Å²) in [7, 11) is 0. The number of nitrogens with one attached hydrogen (secondary N) is 1. The molecule has 1 unspecified atom stereocenters. The van der Waals surface area contributed by atoms with Crippen LogP contribution >= 0.6 is 0 Å². The van der Waals surface area contributed by atoms with Gasteiger partial charge in [-0.15, -0.1) is 0 Å². The van der Waals surface area contributed by atoms with Crippen LogP contribution in [0.5, 0.6) is 0 Å². The van der Waals surface area contributed by atoms with Gasteiger partial charge in [0.15, 0.2) is 0 Å². The van der Waals surface area contributed by atoms with Crippen molar-refractivity contribution < 1.29 is 13.9 Å². The summed E-state index contributed by atoms with van der Waals surface area (Å²) < 4.78 is 11.2. The molecule has 1 aliphatic heterocycles. The molecule has 1 N–H and O–H groups in total. The second-order valence-corrected chi connectivity index (χ2v) is 7.65. The van der Waals surface area contributed by atoms with Crippen LogP contribution in [0.2, 0.25) is 0 Å². The van der Waals surface area contributed by atoms with Crippen LogP contribution in [0.15, 0.2) is 41.0 Å². The molecule has 1 aliphatic rings. The molecule has 1 atom stereocenters. The number of benzene rings is 1. The topological polar surface area (TPSA) is 54.7 Å². The molecule has 3 rings (SSSR count). The van der Waals surface area contributed by atoms with Gasteiger partial charge in [0, 0.05) is 31.5 Å². The average molecular weight is 370 g/mol. The number of para-hydroxylation sites is 1. The van der Waals surface area contributed by atoms with Crippen LogP contribution in [-0.4, -0.2) is 31.7 Å². The Bertz CT molecular complexity index is 754. The lowest BCUT2D eigenvalue weighted by atomic mass is 10.1. The number of anilines is 1. The number of nitrogens with zero attached hydrogens (tertiary/aromatic N) is 1. The summed E-state index contributed by atoms with van der Waals surface area (Å²) in [6.45, 7) is 9.09. The second kappa shape index (κ2) is 9.09. The SMILES string of the molecule is CC(C)COCCCNC(=O)c1ccoc1CN1c2ccccc2CC1C. The van der Waals surface area contributed by atoms with Crippen molar-refractivity contribution in [2.45, 2.75) is 46.2 Å². The third-order valence-electron chi connectivity index (χ3n) is 4.85. The lowest BCUT2D eigenvalue weighted by Crippen LogP contribution is -2.30. The monoisotopic (exact) mass is 370 g/mol. The lowest BCUT2D eigenvalue weighted by Gasteiger charge is -2.24. The number of hydrogen-bond donors (Lipinski definition) is 1. The van der Waals surface area contributed by atoms with E-state index in [0.29, 0.717) is 43.0 Å². The van der Waals surface area contributed by atoms with Crippen molar-refractivity contribution in [1.29, 1.82) is 0 Å². The predicted octanol–water partition coefficient (Wildman–Crippen LogP) is 4.02. The van der Waals surface area contributed by atoms with Gasteiger partial charge in [0.2, 0.25) is 0 Å². The van der Waals surface area contributed by atoms with Gasteiger partial charge in [0.1, 0.15) is 5.76 Å². The summed E-state index contributed by atoms with van der Waals surface area (Å²) in [6.07, 6.45) is 3.43. The Balaban J connectivity index is 1.54. The Hall–Kier alpha value is -2.27. The maximum atomic E-state index is 12.5. The fourth-order valence-corrected chi connectivity index (χ4v) is 3.48. The molecular weight excluding hydrogens is 340 g/mol. The third-order valence-corrected chi connectivity index (χ3v) is 4.85. The van der Waals surface area contributed by atoms with Crippen LogP contribution in [0.3, 0.4) is 0 Å². The molecule has 0 fully saturated rings. The van der Waals surface area contributed by atoms with Gasteiger partial charge in [-0.25, -0.2) is 0 Å². The summed E-state index contributed by atoms with van der Waals surface area (Å²) in [4.78, 5) is 14.8. The molecule has 1 aromatic heterocycles. The van der Waals surface area contributed by atoms with E-state index >= 15 is 0 Å². The molecule has 2 heterocycles. The zero-order valence-corrected chi connectivity index (χ0v) is 16.5. The number of carbonyl (C=O) groups excluding carboxylic acids is 1. The van der Waals surface area contributed by atoms with Gasteiger partial charge in [0.05, 0.1) is 18.4 Å². The van der Waals surface area contributed by atoms with E-state index in [2.05, 4.69) is 55.3 Å². The van der Waals surface area contributed by atoms with Crippen LogP contribution in [-0.2, 0) is 17.7 Å². The smallest absolute Gasteiger partial charge is 0.254 e. The van der Waals surface area contributed by atoms with E-state index in [1.807, 2.05) is 0 Å². The largest absolute Gasteiger partial charge is 0.467 e. The molecule has 5 nitrogen and oxygen atoms in total. The molecule has 0 aliphatic carbocycles. The maximum absolute atomic E-state index is 12.5. The van der Waals surface area contributed by atoms with E-state index in [4.69, 9.17) is 9.15 Å². The highest BCUT2D eigenvalue weighted by Gasteiger charge is 2.27. The van der Waals surface area contributed by atoms with E-state index in [9.17, 15) is 4.79 Å². The molecule has 5 heteroatoms. The molecule has 27 heavy (non-hydrogen) atoms. The van der Waals surface area contributed by atoms with Gasteiger partial charge in [-0.1, -0.05) is 32.0 Å². The fourth-order valence-electron chi connectivity index (χ4n) is 3.48. The van der Waals surface area contributed by atoms with Crippen molar-refractivity contribution in [2.24, 2.45) is 5.92 Å². The van der Waals surface area contributed by atoms with Gasteiger partial charge in [-0.3, -0.25) is 4.79 Å². The first-order valence-electron chi connectivity index (χ1n) is 9.83. The van der Waals surface area contributed by atoms with E-state index in [0.717, 1.165) is 19.4 Å². The zero-order chi connectivity index (χ0) is 19.2. The van der Waals surface area contributed by atoms with E-state index in [1.165, 1.54) is 11.3 Å². The standard InChI is InChI=1S/C22H30N2O3/c1-16(2)15-26-11-6-10-23-22(25)19-9-12-27-21(19)14-24-17(3)13-18-7-4-5-8-20(18)24/h4-5,7-9,12,16-17H,6,10-11,13-15H2,1-3H3,(H,23,25). The van der Waals surface area contributed by atoms with Gasteiger partial charge >= 0.3 is 0 Å². The first-order valence-corrected chi connectivity index (χ1v) is 9.83. The molecule has 1 aromatic carbocycles. The van der Waals surface area contributed by atoms with Crippen molar-refractivity contribution in [1.82, 2.24) is 5.32 Å². The first-order chi connectivity index (χ1) is 13.1. The summed E-state index contributed by atoms with van der Waals surface area (Å²) in [5, 5.41) is 2.97. The Morgan fingerprint density at radius 3 is 2.96 bits per heavy atom. The Morgan fingerprint density at radius 1 is 1.33 bits per heavy atom. The average Bonchev–Trinajstić information content (AvgIpc) is 3.23. The maximum Gasteiger partial charge on any atom is 0.254 e. The molecule has 0 saturated carbocycles. The van der Waals surface area contributed by atoms with E-state index < -0.39 is 0 Å². The lowest BCUT2D eigenvalue weighted by molar-refractivity contribution is 0.0923. The van der Waals surface area contributed by atoms with E-state index in [-0.39, 0.29) is 5.91 Å². The molecule has 2 aromatic rings. The molecule has 1 amide bonds. The van der Waals surface area contributed by atoms with Crippen molar-refractivity contribution in [2.75, 3.05) is 24.7 Å². The Morgan fingerprint density at radius 2 is 2.15 bits per heavy atom. The number of amides is 1. The number of ether oxygens (including phenoxy) is 1. The minimum absolute atomic E-state index is 0.0808. The van der Waals surface area contributed by atoms with Crippen LogP contribution in [0.25, 0.3) is 0 Å². The van der Waals surface area contributed by atoms with E-state index in [1.54, 1.807) is 12.3 Å². The first kappa shape index (κ1) is 19.5. The minimum atomic E-state index is -0.0808. The molecule has 0 bridgehead atoms. The number of furan rings is 1.